The fourth-order valence-electron chi connectivity index (χ4n) is 1.57. The maximum absolute atomic E-state index is 11.8. The molecule has 1 heterocycles. The molecule has 5 nitrogen and oxygen atoms in total. The summed E-state index contributed by atoms with van der Waals surface area (Å²) in [6.07, 6.45) is 0.582. The Hall–Kier alpha value is -1.12. The lowest BCUT2D eigenvalue weighted by Crippen LogP contribution is -2.52. The number of nitriles is 1. The van der Waals surface area contributed by atoms with Crippen molar-refractivity contribution in [1.29, 1.82) is 5.26 Å². The lowest BCUT2D eigenvalue weighted by molar-refractivity contribution is -0.148. The van der Waals surface area contributed by atoms with Crippen LogP contribution in [-0.2, 0) is 14.3 Å². The van der Waals surface area contributed by atoms with Gasteiger partial charge in [0.15, 0.2) is 6.10 Å². The van der Waals surface area contributed by atoms with Crippen LogP contribution >= 0.6 is 0 Å². The number of ether oxygens (including phenoxy) is 2. The van der Waals surface area contributed by atoms with Crippen molar-refractivity contribution in [3.63, 3.8) is 0 Å². The van der Waals surface area contributed by atoms with Crippen molar-refractivity contribution in [2.75, 3.05) is 19.8 Å². The molecule has 1 atom stereocenters. The minimum atomic E-state index is -0.780. The topological polar surface area (TPSA) is 71.4 Å². The summed E-state index contributed by atoms with van der Waals surface area (Å²) in [6.45, 7) is 4.97. The zero-order valence-corrected chi connectivity index (χ0v) is 9.78. The summed E-state index contributed by atoms with van der Waals surface area (Å²) in [7, 11) is 0. The van der Waals surface area contributed by atoms with Crippen molar-refractivity contribution in [3.05, 3.63) is 0 Å². The molecule has 1 aliphatic rings. The van der Waals surface area contributed by atoms with Gasteiger partial charge in [-0.1, -0.05) is 13.8 Å². The largest absolute Gasteiger partial charge is 0.376 e. The molecule has 1 rings (SSSR count). The molecule has 1 amide bonds. The summed E-state index contributed by atoms with van der Waals surface area (Å²) in [6, 6.07) is 2.16. The van der Waals surface area contributed by atoms with Crippen LogP contribution < -0.4 is 5.32 Å². The predicted octanol–water partition coefficient (Wildman–Crippen LogP) is 0.600. The van der Waals surface area contributed by atoms with E-state index in [1.54, 1.807) is 0 Å². The van der Waals surface area contributed by atoms with Crippen LogP contribution in [0.15, 0.2) is 0 Å². The Morgan fingerprint density at radius 2 is 2.19 bits per heavy atom. The summed E-state index contributed by atoms with van der Waals surface area (Å²) < 4.78 is 10.4. The zero-order chi connectivity index (χ0) is 12.0. The first-order chi connectivity index (χ1) is 7.67. The van der Waals surface area contributed by atoms with E-state index in [1.165, 1.54) is 0 Å². The van der Waals surface area contributed by atoms with Crippen molar-refractivity contribution < 1.29 is 14.3 Å². The molecule has 1 fully saturated rings. The maximum atomic E-state index is 11.8. The minimum absolute atomic E-state index is 0.259. The number of carbonyl (C=O) groups is 1. The Morgan fingerprint density at radius 1 is 1.50 bits per heavy atom. The lowest BCUT2D eigenvalue weighted by atomic mass is 9.94. The van der Waals surface area contributed by atoms with E-state index in [2.05, 4.69) is 11.4 Å². The highest BCUT2D eigenvalue weighted by molar-refractivity contribution is 5.82. The van der Waals surface area contributed by atoms with Gasteiger partial charge in [-0.25, -0.2) is 0 Å². The molecule has 90 valence electrons. The van der Waals surface area contributed by atoms with Crippen LogP contribution in [0.2, 0.25) is 0 Å². The summed E-state index contributed by atoms with van der Waals surface area (Å²) in [5.74, 6) is -0.259. The van der Waals surface area contributed by atoms with Gasteiger partial charge in [-0.2, -0.15) is 5.26 Å². The van der Waals surface area contributed by atoms with Gasteiger partial charge in [0.2, 0.25) is 0 Å². The first kappa shape index (κ1) is 12.9. The maximum Gasteiger partial charge on any atom is 0.252 e. The highest BCUT2D eigenvalue weighted by atomic mass is 16.6. The summed E-state index contributed by atoms with van der Waals surface area (Å²) in [5.41, 5.74) is -0.780. The predicted molar refractivity (Wildman–Crippen MR) is 57.6 cm³/mol. The molecule has 0 aromatic rings. The molecular formula is C11H18N2O3. The van der Waals surface area contributed by atoms with Gasteiger partial charge in [0.05, 0.1) is 25.9 Å². The van der Waals surface area contributed by atoms with Crippen LogP contribution in [0.3, 0.4) is 0 Å². The number of hydrogen-bond donors (Lipinski definition) is 1. The second kappa shape index (κ2) is 5.83. The fourth-order valence-corrected chi connectivity index (χ4v) is 1.57. The highest BCUT2D eigenvalue weighted by Crippen LogP contribution is 2.14. The summed E-state index contributed by atoms with van der Waals surface area (Å²) in [4.78, 5) is 11.8. The van der Waals surface area contributed by atoms with E-state index in [0.29, 0.717) is 26.1 Å². The second-order valence-electron chi connectivity index (χ2n) is 3.82. The van der Waals surface area contributed by atoms with Gasteiger partial charge < -0.3 is 14.8 Å². The van der Waals surface area contributed by atoms with Gasteiger partial charge >= 0.3 is 0 Å². The highest BCUT2D eigenvalue weighted by Gasteiger charge is 2.32. The van der Waals surface area contributed by atoms with E-state index in [0.717, 1.165) is 0 Å². The SMILES string of the molecule is CCC(C#N)(CC)NC(=O)C1COCCO1. The Morgan fingerprint density at radius 3 is 2.62 bits per heavy atom. The molecule has 1 saturated heterocycles. The van der Waals surface area contributed by atoms with Crippen LogP contribution in [0.1, 0.15) is 26.7 Å². The molecule has 0 spiro atoms. The van der Waals surface area contributed by atoms with E-state index in [1.807, 2.05) is 13.8 Å². The molecule has 1 unspecified atom stereocenters. The summed E-state index contributed by atoms with van der Waals surface area (Å²) in [5, 5.41) is 11.8. The molecule has 1 aliphatic heterocycles. The first-order valence-corrected chi connectivity index (χ1v) is 5.60. The van der Waals surface area contributed by atoms with Crippen LogP contribution in [-0.4, -0.2) is 37.4 Å². The van der Waals surface area contributed by atoms with E-state index < -0.39 is 11.6 Å². The Bertz CT molecular complexity index is 275. The van der Waals surface area contributed by atoms with E-state index in [4.69, 9.17) is 14.7 Å². The monoisotopic (exact) mass is 226 g/mol. The lowest BCUT2D eigenvalue weighted by Gasteiger charge is -2.29. The number of nitrogens with zero attached hydrogens (tertiary/aromatic N) is 1. The van der Waals surface area contributed by atoms with Crippen LogP contribution in [0.25, 0.3) is 0 Å². The first-order valence-electron chi connectivity index (χ1n) is 5.60. The van der Waals surface area contributed by atoms with Gasteiger partial charge in [-0.3, -0.25) is 4.79 Å². The quantitative estimate of drug-likeness (QED) is 0.762. The molecule has 16 heavy (non-hydrogen) atoms. The van der Waals surface area contributed by atoms with Crippen molar-refractivity contribution in [3.8, 4) is 6.07 Å². The third-order valence-electron chi connectivity index (χ3n) is 2.89. The van der Waals surface area contributed by atoms with Gasteiger partial charge in [-0.15, -0.1) is 0 Å². The molecule has 0 bridgehead atoms. The molecule has 0 aromatic heterocycles. The van der Waals surface area contributed by atoms with Gasteiger partial charge in [0.1, 0.15) is 5.54 Å². The van der Waals surface area contributed by atoms with Gasteiger partial charge in [-0.05, 0) is 12.8 Å². The summed E-state index contributed by atoms with van der Waals surface area (Å²) >= 11 is 0. The number of nitrogens with one attached hydrogen (secondary N) is 1. The van der Waals surface area contributed by atoms with Crippen LogP contribution in [0.4, 0.5) is 0 Å². The smallest absolute Gasteiger partial charge is 0.252 e. The average molecular weight is 226 g/mol. The average Bonchev–Trinajstić information content (AvgIpc) is 2.37. The van der Waals surface area contributed by atoms with Crippen LogP contribution in [0.5, 0.6) is 0 Å². The number of rotatable bonds is 4. The number of hydrogen-bond acceptors (Lipinski definition) is 4. The van der Waals surface area contributed by atoms with E-state index in [-0.39, 0.29) is 12.5 Å². The molecule has 5 heteroatoms. The third-order valence-corrected chi connectivity index (χ3v) is 2.89. The Labute approximate surface area is 95.7 Å². The molecular weight excluding hydrogens is 208 g/mol. The number of carbonyl (C=O) groups excluding carboxylic acids is 1. The van der Waals surface area contributed by atoms with Crippen molar-refractivity contribution >= 4 is 5.91 Å². The standard InChI is InChI=1S/C11H18N2O3/c1-3-11(4-2,8-12)13-10(14)9-7-15-5-6-16-9/h9H,3-7H2,1-2H3,(H,13,14). The molecule has 0 saturated carbocycles. The Kier molecular flexibility index (Phi) is 4.71. The second-order valence-corrected chi connectivity index (χ2v) is 3.82. The van der Waals surface area contributed by atoms with Crippen molar-refractivity contribution in [1.82, 2.24) is 5.32 Å². The van der Waals surface area contributed by atoms with Crippen molar-refractivity contribution in [2.24, 2.45) is 0 Å². The normalized spacial score (nSPS) is 21.2. The molecule has 0 aliphatic carbocycles. The molecule has 0 radical (unpaired) electrons. The zero-order valence-electron chi connectivity index (χ0n) is 9.78. The Balaban J connectivity index is 2.57. The van der Waals surface area contributed by atoms with Gasteiger partial charge in [0, 0.05) is 0 Å². The van der Waals surface area contributed by atoms with E-state index in [9.17, 15) is 4.79 Å². The molecule has 0 aromatic carbocycles. The number of amides is 1. The van der Waals surface area contributed by atoms with E-state index >= 15 is 0 Å². The molecule has 1 N–H and O–H groups in total. The van der Waals surface area contributed by atoms with Crippen molar-refractivity contribution in [2.45, 2.75) is 38.3 Å². The van der Waals surface area contributed by atoms with Gasteiger partial charge in [0.25, 0.3) is 5.91 Å². The fraction of sp³-hybridized carbons (Fsp3) is 0.818. The third kappa shape index (κ3) is 2.94. The van der Waals surface area contributed by atoms with Crippen LogP contribution in [0, 0.1) is 11.3 Å². The minimum Gasteiger partial charge on any atom is -0.376 e.